The number of esters is 2. The van der Waals surface area contributed by atoms with Crippen LogP contribution in [0.1, 0.15) is 51.3 Å². The van der Waals surface area contributed by atoms with Gasteiger partial charge in [-0.3, -0.25) is 0 Å². The van der Waals surface area contributed by atoms with Crippen molar-refractivity contribution < 1.29 is 42.8 Å². The molecule has 0 amide bonds. The van der Waals surface area contributed by atoms with Gasteiger partial charge in [-0.05, 0) is 88.2 Å². The molecule has 49 heavy (non-hydrogen) atoms. The van der Waals surface area contributed by atoms with E-state index in [0.717, 1.165) is 22.9 Å². The summed E-state index contributed by atoms with van der Waals surface area (Å²) in [6.45, 7) is 15.3. The molecule has 0 aliphatic heterocycles. The van der Waals surface area contributed by atoms with Crippen LogP contribution < -0.4 is 18.9 Å². The summed E-state index contributed by atoms with van der Waals surface area (Å²) in [5.74, 6) is 0.507. The van der Waals surface area contributed by atoms with Gasteiger partial charge in [-0.2, -0.15) is 0 Å². The highest BCUT2D eigenvalue weighted by Gasteiger charge is 2.36. The highest BCUT2D eigenvalue weighted by Crippen LogP contribution is 2.39. The van der Waals surface area contributed by atoms with Crippen molar-refractivity contribution in [3.8, 4) is 23.0 Å². The summed E-state index contributed by atoms with van der Waals surface area (Å²) < 4.78 is 34.1. The van der Waals surface area contributed by atoms with Crippen molar-refractivity contribution in [2.24, 2.45) is 5.16 Å². The molecule has 3 aromatic carbocycles. The van der Waals surface area contributed by atoms with E-state index in [0.29, 0.717) is 11.5 Å². The van der Waals surface area contributed by atoms with Crippen molar-refractivity contribution in [3.05, 3.63) is 82.4 Å². The number of carbonyl (C=O) groups is 2. The van der Waals surface area contributed by atoms with E-state index in [9.17, 15) is 9.59 Å². The van der Waals surface area contributed by atoms with E-state index >= 15 is 0 Å². The van der Waals surface area contributed by atoms with E-state index in [-0.39, 0.29) is 41.9 Å². The number of hydrogen-bond acceptors (Lipinski definition) is 10. The monoisotopic (exact) mass is 713 g/mol. The number of oxime groups is 1. The third kappa shape index (κ3) is 12.3. The van der Waals surface area contributed by atoms with Gasteiger partial charge in [-0.1, -0.05) is 60.7 Å². The van der Waals surface area contributed by atoms with Crippen molar-refractivity contribution >= 4 is 37.3 Å². The SMILES string of the molecule is COc1ccc(COc2ccc(C(=NOC(C)(C)C(=O)OC(C)(C)C)C(=O)OCC[Si](C)(C)C)c(Cl)c2OCc2ccc(OC)cc2)cc1. The van der Waals surface area contributed by atoms with Crippen LogP contribution in [-0.2, 0) is 37.1 Å². The fourth-order valence-corrected chi connectivity index (χ4v) is 5.06. The maximum absolute atomic E-state index is 13.6. The van der Waals surface area contributed by atoms with Crippen molar-refractivity contribution in [1.82, 2.24) is 0 Å². The molecule has 12 heteroatoms. The first-order chi connectivity index (χ1) is 22.9. The topological polar surface area (TPSA) is 111 Å². The highest BCUT2D eigenvalue weighted by molar-refractivity contribution is 6.76. The number of benzene rings is 3. The largest absolute Gasteiger partial charge is 0.497 e. The molecule has 0 N–H and O–H groups in total. The lowest BCUT2D eigenvalue weighted by Gasteiger charge is -2.27. The maximum atomic E-state index is 13.6. The number of methoxy groups -OCH3 is 2. The van der Waals surface area contributed by atoms with Gasteiger partial charge in [0, 0.05) is 13.6 Å². The Morgan fingerprint density at radius 2 is 1.31 bits per heavy atom. The molecule has 0 saturated heterocycles. The van der Waals surface area contributed by atoms with Gasteiger partial charge in [-0.25, -0.2) is 9.59 Å². The first-order valence-corrected chi connectivity index (χ1v) is 20.0. The van der Waals surface area contributed by atoms with E-state index in [1.807, 2.05) is 48.5 Å². The number of ether oxygens (including phenoxy) is 6. The van der Waals surface area contributed by atoms with Crippen molar-refractivity contribution in [3.63, 3.8) is 0 Å². The van der Waals surface area contributed by atoms with Crippen molar-refractivity contribution in [2.45, 2.75) is 84.7 Å². The molecule has 3 aromatic rings. The van der Waals surface area contributed by atoms with E-state index in [2.05, 4.69) is 24.8 Å². The van der Waals surface area contributed by atoms with Crippen LogP contribution in [0.25, 0.3) is 0 Å². The summed E-state index contributed by atoms with van der Waals surface area (Å²) in [5.41, 5.74) is -0.659. The second kappa shape index (κ2) is 16.9. The summed E-state index contributed by atoms with van der Waals surface area (Å²) >= 11 is 7.02. The van der Waals surface area contributed by atoms with Crippen molar-refractivity contribution in [2.75, 3.05) is 20.8 Å². The molecule has 0 saturated carbocycles. The van der Waals surface area contributed by atoms with Crippen LogP contribution in [0.3, 0.4) is 0 Å². The Bertz CT molecular complexity index is 1590. The van der Waals surface area contributed by atoms with Crippen LogP contribution in [0.5, 0.6) is 23.0 Å². The smallest absolute Gasteiger partial charge is 0.361 e. The molecule has 0 aliphatic carbocycles. The average Bonchev–Trinajstić information content (AvgIpc) is 3.03. The van der Waals surface area contributed by atoms with Crippen LogP contribution >= 0.6 is 11.6 Å². The third-order valence-electron chi connectivity index (χ3n) is 6.95. The molecule has 0 fully saturated rings. The number of rotatable bonds is 16. The third-order valence-corrected chi connectivity index (χ3v) is 9.03. The molecule has 266 valence electrons. The van der Waals surface area contributed by atoms with E-state index in [1.54, 1.807) is 47.1 Å². The molecular formula is C37H48ClNO9Si. The summed E-state index contributed by atoms with van der Waals surface area (Å²) in [6.07, 6.45) is 0. The summed E-state index contributed by atoms with van der Waals surface area (Å²) in [6, 6.07) is 18.8. The molecule has 0 radical (unpaired) electrons. The van der Waals surface area contributed by atoms with E-state index < -0.39 is 31.2 Å². The molecule has 3 rings (SSSR count). The van der Waals surface area contributed by atoms with Gasteiger partial charge < -0.3 is 33.3 Å². The highest BCUT2D eigenvalue weighted by atomic mass is 35.5. The lowest BCUT2D eigenvalue weighted by Crippen LogP contribution is -2.40. The molecular weight excluding hydrogens is 666 g/mol. The number of nitrogens with zero attached hydrogens (tertiary/aromatic N) is 1. The summed E-state index contributed by atoms with van der Waals surface area (Å²) in [4.78, 5) is 32.2. The maximum Gasteiger partial charge on any atom is 0.361 e. The first kappa shape index (κ1) is 39.2. The molecule has 0 aliphatic rings. The average molecular weight is 714 g/mol. The zero-order valence-corrected chi connectivity index (χ0v) is 31.9. The zero-order valence-electron chi connectivity index (χ0n) is 30.1. The second-order valence-corrected chi connectivity index (χ2v) is 20.0. The quantitative estimate of drug-likeness (QED) is 0.0627. The van der Waals surface area contributed by atoms with Crippen LogP contribution in [0, 0.1) is 0 Å². The van der Waals surface area contributed by atoms with Gasteiger partial charge in [0.1, 0.15) is 30.3 Å². The molecule has 10 nitrogen and oxygen atoms in total. The number of carbonyl (C=O) groups excluding carboxylic acids is 2. The fourth-order valence-electron chi connectivity index (χ4n) is 4.04. The molecule has 0 spiro atoms. The molecule has 0 bridgehead atoms. The Kier molecular flexibility index (Phi) is 13.6. The Morgan fingerprint density at radius 3 is 1.80 bits per heavy atom. The van der Waals surface area contributed by atoms with Gasteiger partial charge in [-0.15, -0.1) is 0 Å². The van der Waals surface area contributed by atoms with Crippen LogP contribution in [0.2, 0.25) is 30.7 Å². The minimum Gasteiger partial charge on any atom is -0.497 e. The fraction of sp³-hybridized carbons (Fsp3) is 0.432. The lowest BCUT2D eigenvalue weighted by molar-refractivity contribution is -0.179. The predicted molar refractivity (Wildman–Crippen MR) is 193 cm³/mol. The number of halogens is 1. The lowest BCUT2D eigenvalue weighted by atomic mass is 10.1. The number of hydrogen-bond donors (Lipinski definition) is 0. The molecule has 0 heterocycles. The molecule has 0 aromatic heterocycles. The summed E-state index contributed by atoms with van der Waals surface area (Å²) in [7, 11) is 1.67. The Hall–Kier alpha value is -4.22. The van der Waals surface area contributed by atoms with Crippen LogP contribution in [0.15, 0.2) is 65.8 Å². The van der Waals surface area contributed by atoms with Gasteiger partial charge in [0.15, 0.2) is 17.2 Å². The van der Waals surface area contributed by atoms with Gasteiger partial charge in [0.05, 0.1) is 25.8 Å². The van der Waals surface area contributed by atoms with Gasteiger partial charge in [0.2, 0.25) is 5.60 Å². The first-order valence-electron chi connectivity index (χ1n) is 15.9. The minimum absolute atomic E-state index is 0.0420. The van der Waals surface area contributed by atoms with Crippen LogP contribution in [-0.4, -0.2) is 57.8 Å². The summed E-state index contributed by atoms with van der Waals surface area (Å²) in [5, 5.41) is 4.20. The van der Waals surface area contributed by atoms with Gasteiger partial charge in [0.25, 0.3) is 0 Å². The Balaban J connectivity index is 2.04. The molecule has 0 unspecified atom stereocenters. The Labute approximate surface area is 295 Å². The van der Waals surface area contributed by atoms with Gasteiger partial charge >= 0.3 is 11.9 Å². The predicted octanol–water partition coefficient (Wildman–Crippen LogP) is 8.24. The minimum atomic E-state index is -1.54. The van der Waals surface area contributed by atoms with Crippen LogP contribution in [0.4, 0.5) is 0 Å². The van der Waals surface area contributed by atoms with Crippen molar-refractivity contribution in [1.29, 1.82) is 0 Å². The second-order valence-electron chi connectivity index (χ2n) is 14.0. The molecule has 0 atom stereocenters. The standard InChI is InChI=1S/C37H48ClNO9Si/c1-36(2,3)47-35(41)37(4,5)48-39-32(34(40)44-21-22-49(8,9)10)29-19-20-30(45-23-25-11-15-27(42-6)16-12-25)33(31(29)38)46-24-26-13-17-28(43-7)18-14-26/h11-20H,21-24H2,1-10H3. The zero-order chi connectivity index (χ0) is 36.4. The normalized spacial score (nSPS) is 12.2. The van der Waals surface area contributed by atoms with E-state index in [1.165, 1.54) is 13.8 Å². The Morgan fingerprint density at radius 1 is 0.776 bits per heavy atom. The van der Waals surface area contributed by atoms with E-state index in [4.69, 9.17) is 44.9 Å².